The lowest BCUT2D eigenvalue weighted by atomic mass is 9.96. The van der Waals surface area contributed by atoms with Crippen LogP contribution in [0.15, 0.2) is 67.0 Å². The summed E-state index contributed by atoms with van der Waals surface area (Å²) in [5.41, 5.74) is 6.51. The molecule has 0 radical (unpaired) electrons. The lowest BCUT2D eigenvalue weighted by Crippen LogP contribution is -2.20. The predicted octanol–water partition coefficient (Wildman–Crippen LogP) is 6.87. The van der Waals surface area contributed by atoms with Gasteiger partial charge in [0.1, 0.15) is 44.0 Å². The van der Waals surface area contributed by atoms with Crippen molar-refractivity contribution in [2.75, 3.05) is 32.6 Å². The summed E-state index contributed by atoms with van der Waals surface area (Å²) in [7, 11) is 2.02. The van der Waals surface area contributed by atoms with Gasteiger partial charge in [-0.2, -0.15) is 17.9 Å². The van der Waals surface area contributed by atoms with Crippen molar-refractivity contribution >= 4 is 24.2 Å². The van der Waals surface area contributed by atoms with Crippen LogP contribution in [0.25, 0.3) is 11.1 Å². The van der Waals surface area contributed by atoms with E-state index in [0.29, 0.717) is 48.5 Å². The normalized spacial score (nSPS) is 12.2. The Bertz CT molecular complexity index is 1610. The Labute approximate surface area is 257 Å². The van der Waals surface area contributed by atoms with Crippen molar-refractivity contribution < 1.29 is 18.9 Å². The first-order valence-electron chi connectivity index (χ1n) is 13.6. The van der Waals surface area contributed by atoms with Gasteiger partial charge in [0.2, 0.25) is 0 Å². The summed E-state index contributed by atoms with van der Waals surface area (Å²) < 4.78 is 24.0. The molecular weight excluding hydrogens is 570 g/mol. The van der Waals surface area contributed by atoms with Gasteiger partial charge in [0.25, 0.3) is 0 Å². The van der Waals surface area contributed by atoms with Crippen LogP contribution >= 0.6 is 24.2 Å². The average Bonchev–Trinajstić information content (AvgIpc) is 3.00. The van der Waals surface area contributed by atoms with Crippen molar-refractivity contribution in [1.82, 2.24) is 9.88 Å². The SMILES string of the molecule is Cc1c(COc2cc(OCc3cncc(C#N)c3)c(CN(C)CCS)cc2Cl)cccc1-c1ccc2c(c1)OCCO2. The molecular formula is C33H32ClN3O4S. The number of thiol groups is 1. The Hall–Kier alpha value is -3.90. The Morgan fingerprint density at radius 2 is 1.79 bits per heavy atom. The maximum atomic E-state index is 9.23. The lowest BCUT2D eigenvalue weighted by Gasteiger charge is -2.21. The highest BCUT2D eigenvalue weighted by atomic mass is 35.5. The number of halogens is 1. The van der Waals surface area contributed by atoms with E-state index in [2.05, 4.69) is 47.6 Å². The third-order valence-corrected chi connectivity index (χ3v) is 7.53. The molecule has 216 valence electrons. The van der Waals surface area contributed by atoms with Gasteiger partial charge in [0.15, 0.2) is 11.5 Å². The van der Waals surface area contributed by atoms with Gasteiger partial charge in [0.05, 0.1) is 10.6 Å². The van der Waals surface area contributed by atoms with Crippen LogP contribution in [0.2, 0.25) is 5.02 Å². The molecule has 3 aromatic carbocycles. The van der Waals surface area contributed by atoms with Crippen molar-refractivity contribution in [2.24, 2.45) is 0 Å². The molecule has 7 nitrogen and oxygen atoms in total. The fourth-order valence-corrected chi connectivity index (χ4v) is 5.37. The number of nitriles is 1. The largest absolute Gasteiger partial charge is 0.488 e. The van der Waals surface area contributed by atoms with E-state index in [4.69, 9.17) is 30.5 Å². The second kappa shape index (κ2) is 13.8. The molecule has 0 atom stereocenters. The molecule has 0 saturated heterocycles. The number of rotatable bonds is 11. The zero-order chi connectivity index (χ0) is 29.5. The predicted molar refractivity (Wildman–Crippen MR) is 167 cm³/mol. The minimum absolute atomic E-state index is 0.254. The number of fused-ring (bicyclic) bond motifs is 1. The molecule has 1 aliphatic rings. The van der Waals surface area contributed by atoms with Crippen LogP contribution in [-0.2, 0) is 19.8 Å². The highest BCUT2D eigenvalue weighted by Gasteiger charge is 2.17. The first-order chi connectivity index (χ1) is 20.4. The third kappa shape index (κ3) is 7.11. The molecule has 2 heterocycles. The highest BCUT2D eigenvalue weighted by molar-refractivity contribution is 7.80. The van der Waals surface area contributed by atoms with Crippen LogP contribution in [0.5, 0.6) is 23.0 Å². The van der Waals surface area contributed by atoms with Crippen LogP contribution in [0.4, 0.5) is 0 Å². The molecule has 0 amide bonds. The molecule has 5 rings (SSSR count). The van der Waals surface area contributed by atoms with Crippen molar-refractivity contribution in [3.05, 3.63) is 99.8 Å². The molecule has 4 aromatic rings. The first kappa shape index (κ1) is 29.6. The molecule has 42 heavy (non-hydrogen) atoms. The van der Waals surface area contributed by atoms with E-state index in [1.807, 2.05) is 43.4 Å². The number of hydrogen-bond acceptors (Lipinski definition) is 8. The molecule has 0 aliphatic carbocycles. The number of ether oxygens (including phenoxy) is 4. The van der Waals surface area contributed by atoms with Gasteiger partial charge < -0.3 is 23.8 Å². The van der Waals surface area contributed by atoms with E-state index in [0.717, 1.165) is 57.2 Å². The van der Waals surface area contributed by atoms with E-state index >= 15 is 0 Å². The fraction of sp³-hybridized carbons (Fsp3) is 0.273. The minimum Gasteiger partial charge on any atom is -0.488 e. The second-order valence-corrected chi connectivity index (χ2v) is 10.9. The Kier molecular flexibility index (Phi) is 9.75. The van der Waals surface area contributed by atoms with Gasteiger partial charge >= 0.3 is 0 Å². The van der Waals surface area contributed by atoms with E-state index in [-0.39, 0.29) is 6.61 Å². The van der Waals surface area contributed by atoms with Crippen molar-refractivity contribution in [2.45, 2.75) is 26.7 Å². The summed E-state index contributed by atoms with van der Waals surface area (Å²) in [6.07, 6.45) is 3.22. The Morgan fingerprint density at radius 3 is 2.60 bits per heavy atom. The monoisotopic (exact) mass is 601 g/mol. The van der Waals surface area contributed by atoms with Crippen LogP contribution in [0.3, 0.4) is 0 Å². The van der Waals surface area contributed by atoms with Crippen molar-refractivity contribution in [1.29, 1.82) is 5.26 Å². The lowest BCUT2D eigenvalue weighted by molar-refractivity contribution is 0.171. The number of nitrogens with zero attached hydrogens (tertiary/aromatic N) is 3. The van der Waals surface area contributed by atoms with Crippen molar-refractivity contribution in [3.63, 3.8) is 0 Å². The molecule has 1 aliphatic heterocycles. The van der Waals surface area contributed by atoms with Crippen LogP contribution in [-0.4, -0.2) is 42.4 Å². The van der Waals surface area contributed by atoms with Crippen molar-refractivity contribution in [3.8, 4) is 40.2 Å². The van der Waals surface area contributed by atoms with Gasteiger partial charge in [-0.3, -0.25) is 4.98 Å². The summed E-state index contributed by atoms with van der Waals surface area (Å²) in [5, 5.41) is 9.73. The molecule has 0 fully saturated rings. The smallest absolute Gasteiger partial charge is 0.161 e. The van der Waals surface area contributed by atoms with Gasteiger partial charge in [-0.25, -0.2) is 0 Å². The standard InChI is InChI=1S/C33H32ClN3O4S/c1-22-26(4-3-5-28(22)25-6-7-30-33(14-25)39-10-9-38-30)21-41-32-15-31(27(13-29(32)34)19-37(2)8-11-42)40-20-24-12-23(16-35)17-36-18-24/h3-7,12-15,17-18,42H,8-11,19-21H2,1-2H3. The molecule has 0 bridgehead atoms. The zero-order valence-electron chi connectivity index (χ0n) is 23.6. The topological polar surface area (TPSA) is 76.8 Å². The van der Waals surface area contributed by atoms with Gasteiger partial charge in [0, 0.05) is 48.4 Å². The third-order valence-electron chi connectivity index (χ3n) is 7.04. The summed E-state index contributed by atoms with van der Waals surface area (Å²) in [6, 6.07) is 19.8. The van der Waals surface area contributed by atoms with Gasteiger partial charge in [-0.1, -0.05) is 35.9 Å². The number of hydrogen-bond donors (Lipinski definition) is 1. The summed E-state index contributed by atoms with van der Waals surface area (Å²) in [4.78, 5) is 6.29. The first-order valence-corrected chi connectivity index (χ1v) is 14.7. The van der Waals surface area contributed by atoms with E-state index in [1.54, 1.807) is 12.3 Å². The summed E-state index contributed by atoms with van der Waals surface area (Å²) in [5.74, 6) is 3.45. The van der Waals surface area contributed by atoms with E-state index in [1.165, 1.54) is 6.20 Å². The van der Waals surface area contributed by atoms with Gasteiger partial charge in [-0.15, -0.1) is 0 Å². The molecule has 0 unspecified atom stereocenters. The Morgan fingerprint density at radius 1 is 0.976 bits per heavy atom. The quantitative estimate of drug-likeness (QED) is 0.188. The van der Waals surface area contributed by atoms with E-state index < -0.39 is 0 Å². The van der Waals surface area contributed by atoms with Gasteiger partial charge in [-0.05, 0) is 60.5 Å². The maximum Gasteiger partial charge on any atom is 0.161 e. The second-order valence-electron chi connectivity index (χ2n) is 10.1. The summed E-state index contributed by atoms with van der Waals surface area (Å²) in [6.45, 7) is 5.22. The number of aromatic nitrogens is 1. The molecule has 9 heteroatoms. The minimum atomic E-state index is 0.254. The Balaban J connectivity index is 1.37. The number of pyridine rings is 1. The van der Waals surface area contributed by atoms with Crippen LogP contribution in [0.1, 0.15) is 27.8 Å². The summed E-state index contributed by atoms with van der Waals surface area (Å²) >= 11 is 11.1. The molecule has 0 saturated carbocycles. The molecule has 0 spiro atoms. The van der Waals surface area contributed by atoms with Crippen LogP contribution < -0.4 is 18.9 Å². The average molecular weight is 602 g/mol. The fourth-order valence-electron chi connectivity index (χ4n) is 4.79. The molecule has 1 aromatic heterocycles. The van der Waals surface area contributed by atoms with Crippen LogP contribution in [0, 0.1) is 18.3 Å². The zero-order valence-corrected chi connectivity index (χ0v) is 25.3. The number of benzene rings is 3. The molecule has 0 N–H and O–H groups in total. The highest BCUT2D eigenvalue weighted by Crippen LogP contribution is 2.37. The maximum absolute atomic E-state index is 9.23. The van der Waals surface area contributed by atoms with E-state index in [9.17, 15) is 5.26 Å².